The Hall–Kier alpha value is -0.210. The second-order valence-corrected chi connectivity index (χ2v) is 7.59. The van der Waals surface area contributed by atoms with Crippen LogP contribution in [0, 0.1) is 0 Å². The van der Waals surface area contributed by atoms with Crippen LogP contribution in [0.25, 0.3) is 0 Å². The van der Waals surface area contributed by atoms with Crippen molar-refractivity contribution < 1.29 is 13.2 Å². The number of nitrogens with one attached hydrogen (secondary N) is 2. The molecule has 0 radical (unpaired) electrons. The van der Waals surface area contributed by atoms with Crippen molar-refractivity contribution in [2.75, 3.05) is 45.1 Å². The summed E-state index contributed by atoms with van der Waals surface area (Å²) in [5.41, 5.74) is 0. The zero-order chi connectivity index (χ0) is 14.4. The minimum absolute atomic E-state index is 0.0114. The second kappa shape index (κ2) is 7.70. The Kier molecular flexibility index (Phi) is 6.22. The van der Waals surface area contributed by atoms with E-state index in [9.17, 15) is 8.42 Å². The molecule has 0 aromatic heterocycles. The molecule has 2 heterocycles. The van der Waals surface area contributed by atoms with Crippen LogP contribution in [0.5, 0.6) is 0 Å². The molecule has 2 atom stereocenters. The van der Waals surface area contributed by atoms with Crippen molar-refractivity contribution in [2.45, 2.75) is 38.3 Å². The van der Waals surface area contributed by atoms with Gasteiger partial charge in [0.1, 0.15) is 0 Å². The van der Waals surface area contributed by atoms with Crippen LogP contribution in [0.1, 0.15) is 26.2 Å². The number of hydrogen-bond acceptors (Lipinski definition) is 5. The summed E-state index contributed by atoms with van der Waals surface area (Å²) in [5.74, 6) is 0.131. The van der Waals surface area contributed by atoms with Crippen molar-refractivity contribution in [2.24, 2.45) is 0 Å². The smallest absolute Gasteiger partial charge is 0.212 e. The number of hydrogen-bond donors (Lipinski definition) is 2. The Morgan fingerprint density at radius 3 is 3.00 bits per heavy atom. The van der Waals surface area contributed by atoms with E-state index in [-0.39, 0.29) is 11.9 Å². The summed E-state index contributed by atoms with van der Waals surface area (Å²) in [6.45, 7) is 6.52. The molecule has 0 aromatic carbocycles. The van der Waals surface area contributed by atoms with Crippen LogP contribution >= 0.6 is 0 Å². The van der Waals surface area contributed by atoms with E-state index in [4.69, 9.17) is 4.74 Å². The van der Waals surface area contributed by atoms with Gasteiger partial charge in [0.05, 0.1) is 18.5 Å². The standard InChI is InChI=1S/C13H27N3O3S/c1-2-5-14-6-8-20(17,18)15-9-13-10-16-7-3-4-12(16)11-19-13/h12-15H,2-11H2,1H3. The van der Waals surface area contributed by atoms with Gasteiger partial charge in [-0.15, -0.1) is 0 Å². The third kappa shape index (κ3) is 4.96. The lowest BCUT2D eigenvalue weighted by Gasteiger charge is -2.35. The van der Waals surface area contributed by atoms with Crippen molar-refractivity contribution in [3.63, 3.8) is 0 Å². The molecule has 0 aromatic rings. The van der Waals surface area contributed by atoms with Gasteiger partial charge in [-0.05, 0) is 32.4 Å². The van der Waals surface area contributed by atoms with Gasteiger partial charge in [-0.1, -0.05) is 6.92 Å². The summed E-state index contributed by atoms with van der Waals surface area (Å²) in [5, 5.41) is 3.10. The second-order valence-electron chi connectivity index (χ2n) is 5.66. The van der Waals surface area contributed by atoms with Gasteiger partial charge in [-0.25, -0.2) is 13.1 Å². The maximum Gasteiger partial charge on any atom is 0.212 e. The molecular weight excluding hydrogens is 278 g/mol. The largest absolute Gasteiger partial charge is 0.374 e. The highest BCUT2D eigenvalue weighted by atomic mass is 32.2. The maximum atomic E-state index is 11.8. The average Bonchev–Trinajstić information content (AvgIpc) is 2.89. The average molecular weight is 305 g/mol. The molecule has 2 aliphatic heterocycles. The molecule has 0 amide bonds. The number of morpholine rings is 1. The first-order valence-corrected chi connectivity index (χ1v) is 9.29. The zero-order valence-corrected chi connectivity index (χ0v) is 13.1. The molecule has 2 unspecified atom stereocenters. The molecule has 2 saturated heterocycles. The molecule has 7 heteroatoms. The summed E-state index contributed by atoms with van der Waals surface area (Å²) in [7, 11) is -3.19. The molecule has 0 spiro atoms. The Morgan fingerprint density at radius 2 is 2.20 bits per heavy atom. The molecule has 2 aliphatic rings. The van der Waals surface area contributed by atoms with E-state index in [2.05, 4.69) is 21.9 Å². The molecule has 0 bridgehead atoms. The fourth-order valence-electron chi connectivity index (χ4n) is 2.81. The molecule has 20 heavy (non-hydrogen) atoms. The lowest BCUT2D eigenvalue weighted by atomic mass is 10.2. The molecule has 0 aliphatic carbocycles. The van der Waals surface area contributed by atoms with Crippen LogP contribution in [0.4, 0.5) is 0 Å². The lowest BCUT2D eigenvalue weighted by molar-refractivity contribution is -0.0448. The Balaban J connectivity index is 1.66. The third-order valence-corrected chi connectivity index (χ3v) is 5.31. The summed E-state index contributed by atoms with van der Waals surface area (Å²) in [6.07, 6.45) is 3.44. The fraction of sp³-hybridized carbons (Fsp3) is 1.00. The minimum Gasteiger partial charge on any atom is -0.374 e. The van der Waals surface area contributed by atoms with Gasteiger partial charge in [0.2, 0.25) is 10.0 Å². The molecule has 118 valence electrons. The van der Waals surface area contributed by atoms with Gasteiger partial charge in [0.25, 0.3) is 0 Å². The van der Waals surface area contributed by atoms with Crippen LogP contribution in [-0.2, 0) is 14.8 Å². The Labute approximate surface area is 122 Å². The number of fused-ring (bicyclic) bond motifs is 1. The monoisotopic (exact) mass is 305 g/mol. The van der Waals surface area contributed by atoms with Crippen molar-refractivity contribution in [3.8, 4) is 0 Å². The van der Waals surface area contributed by atoms with E-state index >= 15 is 0 Å². The van der Waals surface area contributed by atoms with Crippen LogP contribution in [-0.4, -0.2) is 70.5 Å². The highest BCUT2D eigenvalue weighted by molar-refractivity contribution is 7.89. The Bertz CT molecular complexity index is 388. The molecule has 2 N–H and O–H groups in total. The number of nitrogens with zero attached hydrogens (tertiary/aromatic N) is 1. The fourth-order valence-corrected chi connectivity index (χ4v) is 3.81. The quantitative estimate of drug-likeness (QED) is 0.606. The first kappa shape index (κ1) is 16.2. The predicted octanol–water partition coefficient (Wildman–Crippen LogP) is -0.231. The third-order valence-electron chi connectivity index (χ3n) is 3.97. The van der Waals surface area contributed by atoms with Crippen molar-refractivity contribution in [1.82, 2.24) is 14.9 Å². The van der Waals surface area contributed by atoms with Gasteiger partial charge < -0.3 is 10.1 Å². The SMILES string of the molecule is CCCNCCS(=O)(=O)NCC1CN2CCCC2CO1. The van der Waals surface area contributed by atoms with Crippen molar-refractivity contribution in [3.05, 3.63) is 0 Å². The summed E-state index contributed by atoms with van der Waals surface area (Å²) < 4.78 is 32.1. The van der Waals surface area contributed by atoms with E-state index in [1.165, 1.54) is 12.8 Å². The number of sulfonamides is 1. The van der Waals surface area contributed by atoms with Crippen molar-refractivity contribution >= 4 is 10.0 Å². The summed E-state index contributed by atoms with van der Waals surface area (Å²) in [6, 6.07) is 0.557. The topological polar surface area (TPSA) is 70.7 Å². The normalized spacial score (nSPS) is 27.6. The van der Waals surface area contributed by atoms with Crippen molar-refractivity contribution in [1.29, 1.82) is 0 Å². The molecule has 2 rings (SSSR count). The van der Waals surface area contributed by atoms with Gasteiger partial charge in [0, 0.05) is 25.7 Å². The first-order chi connectivity index (χ1) is 9.61. The maximum absolute atomic E-state index is 11.8. The van der Waals surface area contributed by atoms with Gasteiger partial charge in [0.15, 0.2) is 0 Å². The van der Waals surface area contributed by atoms with Gasteiger partial charge in [-0.3, -0.25) is 4.90 Å². The van der Waals surface area contributed by atoms with Crippen LogP contribution in [0.2, 0.25) is 0 Å². The molecule has 0 saturated carbocycles. The van der Waals surface area contributed by atoms with E-state index < -0.39 is 10.0 Å². The zero-order valence-electron chi connectivity index (χ0n) is 12.3. The van der Waals surface area contributed by atoms with Crippen LogP contribution < -0.4 is 10.0 Å². The van der Waals surface area contributed by atoms with Crippen LogP contribution in [0.3, 0.4) is 0 Å². The van der Waals surface area contributed by atoms with Crippen LogP contribution in [0.15, 0.2) is 0 Å². The van der Waals surface area contributed by atoms with E-state index in [0.717, 1.165) is 32.7 Å². The van der Waals surface area contributed by atoms with Gasteiger partial charge >= 0.3 is 0 Å². The summed E-state index contributed by atoms with van der Waals surface area (Å²) in [4.78, 5) is 2.42. The van der Waals surface area contributed by atoms with E-state index in [0.29, 0.717) is 19.1 Å². The molecule has 6 nitrogen and oxygen atoms in total. The number of ether oxygens (including phenoxy) is 1. The Morgan fingerprint density at radius 1 is 1.35 bits per heavy atom. The predicted molar refractivity (Wildman–Crippen MR) is 79.3 cm³/mol. The van der Waals surface area contributed by atoms with E-state index in [1.54, 1.807) is 0 Å². The molecular formula is C13H27N3O3S. The summed E-state index contributed by atoms with van der Waals surface area (Å²) >= 11 is 0. The highest BCUT2D eigenvalue weighted by Crippen LogP contribution is 2.22. The number of rotatable bonds is 8. The molecule has 2 fully saturated rings. The minimum atomic E-state index is -3.19. The highest BCUT2D eigenvalue weighted by Gasteiger charge is 2.32. The van der Waals surface area contributed by atoms with Gasteiger partial charge in [-0.2, -0.15) is 0 Å². The van der Waals surface area contributed by atoms with E-state index in [1.807, 2.05) is 0 Å². The first-order valence-electron chi connectivity index (χ1n) is 7.64. The lowest BCUT2D eigenvalue weighted by Crippen LogP contribution is -2.50.